The van der Waals surface area contributed by atoms with Crippen molar-refractivity contribution in [1.29, 1.82) is 0 Å². The molecule has 1 saturated heterocycles. The number of aryl methyl sites for hydroxylation is 1. The Morgan fingerprint density at radius 1 is 1.07 bits per heavy atom. The molecule has 1 aromatic carbocycles. The van der Waals surface area contributed by atoms with E-state index in [1.54, 1.807) is 4.68 Å². The van der Waals surface area contributed by atoms with Crippen molar-refractivity contribution in [3.05, 3.63) is 41.3 Å². The summed E-state index contributed by atoms with van der Waals surface area (Å²) in [7, 11) is 0. The lowest BCUT2D eigenvalue weighted by atomic mass is 10.1. The maximum Gasteiger partial charge on any atom is 0.225 e. The second kappa shape index (κ2) is 7.87. The summed E-state index contributed by atoms with van der Waals surface area (Å²) in [6.45, 7) is 4.90. The van der Waals surface area contributed by atoms with Crippen LogP contribution in [0.25, 0.3) is 16.7 Å². The van der Waals surface area contributed by atoms with Gasteiger partial charge in [0.2, 0.25) is 5.91 Å². The first-order valence-electron chi connectivity index (χ1n) is 10.6. The van der Waals surface area contributed by atoms with Gasteiger partial charge in [0, 0.05) is 32.1 Å². The summed E-state index contributed by atoms with van der Waals surface area (Å²) in [6.07, 6.45) is 6.27. The van der Waals surface area contributed by atoms with E-state index >= 15 is 0 Å². The Hall–Kier alpha value is -2.67. The van der Waals surface area contributed by atoms with Gasteiger partial charge in [0.05, 0.1) is 22.3 Å². The molecule has 0 unspecified atom stereocenters. The number of halogens is 1. The zero-order chi connectivity index (χ0) is 20.7. The van der Waals surface area contributed by atoms with Gasteiger partial charge in [0.1, 0.15) is 11.6 Å². The maximum absolute atomic E-state index is 12.8. The molecule has 1 aliphatic carbocycles. The molecule has 5 rings (SSSR count). The van der Waals surface area contributed by atoms with Crippen LogP contribution in [0.1, 0.15) is 31.5 Å². The minimum absolute atomic E-state index is 0.235. The molecule has 0 spiro atoms. The fourth-order valence-electron chi connectivity index (χ4n) is 4.61. The molecule has 8 heteroatoms. The summed E-state index contributed by atoms with van der Waals surface area (Å²) in [5.41, 5.74) is 1.54. The molecule has 7 nitrogen and oxygen atoms in total. The SMILES string of the molecule is Cc1nc(N2CCN(C(=O)C3CCCC3)CC2)c2cnn(-c3ccccc3Cl)c2n1. The number of para-hydroxylation sites is 1. The predicted octanol–water partition coefficient (Wildman–Crippen LogP) is 3.62. The van der Waals surface area contributed by atoms with E-state index in [-0.39, 0.29) is 5.92 Å². The third-order valence-corrected chi connectivity index (χ3v) is 6.52. The maximum atomic E-state index is 12.8. The van der Waals surface area contributed by atoms with Crippen molar-refractivity contribution < 1.29 is 4.79 Å². The van der Waals surface area contributed by atoms with E-state index in [4.69, 9.17) is 16.6 Å². The van der Waals surface area contributed by atoms with Crippen molar-refractivity contribution in [3.8, 4) is 5.69 Å². The minimum atomic E-state index is 0.235. The van der Waals surface area contributed by atoms with Crippen molar-refractivity contribution in [3.63, 3.8) is 0 Å². The summed E-state index contributed by atoms with van der Waals surface area (Å²) >= 11 is 6.39. The van der Waals surface area contributed by atoms with Crippen LogP contribution in [0.15, 0.2) is 30.5 Å². The lowest BCUT2D eigenvalue weighted by molar-refractivity contribution is -0.135. The highest BCUT2D eigenvalue weighted by Gasteiger charge is 2.30. The van der Waals surface area contributed by atoms with E-state index in [2.05, 4.69) is 15.0 Å². The Labute approximate surface area is 180 Å². The van der Waals surface area contributed by atoms with Crippen LogP contribution in [-0.2, 0) is 4.79 Å². The third kappa shape index (κ3) is 3.41. The van der Waals surface area contributed by atoms with Gasteiger partial charge in [-0.2, -0.15) is 5.10 Å². The smallest absolute Gasteiger partial charge is 0.225 e. The fourth-order valence-corrected chi connectivity index (χ4v) is 4.83. The number of aromatic nitrogens is 4. The minimum Gasteiger partial charge on any atom is -0.352 e. The molecule has 2 fully saturated rings. The Kier molecular flexibility index (Phi) is 5.06. The number of anilines is 1. The van der Waals surface area contributed by atoms with E-state index < -0.39 is 0 Å². The Balaban J connectivity index is 1.42. The van der Waals surface area contributed by atoms with Crippen molar-refractivity contribution >= 4 is 34.4 Å². The predicted molar refractivity (Wildman–Crippen MR) is 117 cm³/mol. The highest BCUT2D eigenvalue weighted by Crippen LogP contribution is 2.30. The van der Waals surface area contributed by atoms with Gasteiger partial charge in [-0.25, -0.2) is 14.6 Å². The van der Waals surface area contributed by atoms with E-state index in [0.717, 1.165) is 61.6 Å². The highest BCUT2D eigenvalue weighted by molar-refractivity contribution is 6.32. The number of nitrogens with zero attached hydrogens (tertiary/aromatic N) is 6. The van der Waals surface area contributed by atoms with Gasteiger partial charge in [0.15, 0.2) is 5.65 Å². The second-order valence-corrected chi connectivity index (χ2v) is 8.54. The van der Waals surface area contributed by atoms with Crippen molar-refractivity contribution in [2.75, 3.05) is 31.1 Å². The van der Waals surface area contributed by atoms with Gasteiger partial charge in [0.25, 0.3) is 0 Å². The van der Waals surface area contributed by atoms with Crippen LogP contribution in [0.4, 0.5) is 5.82 Å². The average Bonchev–Trinajstić information content (AvgIpc) is 3.43. The van der Waals surface area contributed by atoms with Crippen molar-refractivity contribution in [1.82, 2.24) is 24.6 Å². The normalized spacial score (nSPS) is 17.8. The van der Waals surface area contributed by atoms with E-state index in [9.17, 15) is 4.79 Å². The molecular formula is C22H25ClN6O. The first kappa shape index (κ1) is 19.3. The van der Waals surface area contributed by atoms with E-state index in [1.165, 1.54) is 12.8 Å². The fraction of sp³-hybridized carbons (Fsp3) is 0.455. The molecular weight excluding hydrogens is 400 g/mol. The number of amides is 1. The zero-order valence-corrected chi connectivity index (χ0v) is 17.8. The molecule has 0 bridgehead atoms. The molecule has 1 amide bonds. The first-order chi connectivity index (χ1) is 14.6. The Bertz CT molecular complexity index is 1080. The number of piperazine rings is 1. The summed E-state index contributed by atoms with van der Waals surface area (Å²) in [5, 5.41) is 6.08. The molecule has 3 heterocycles. The van der Waals surface area contributed by atoms with Gasteiger partial charge in [-0.1, -0.05) is 36.6 Å². The highest BCUT2D eigenvalue weighted by atomic mass is 35.5. The molecule has 0 N–H and O–H groups in total. The monoisotopic (exact) mass is 424 g/mol. The largest absolute Gasteiger partial charge is 0.352 e. The summed E-state index contributed by atoms with van der Waals surface area (Å²) in [6, 6.07) is 7.61. The summed E-state index contributed by atoms with van der Waals surface area (Å²) in [5.74, 6) is 2.14. The number of carbonyl (C=O) groups excluding carboxylic acids is 1. The van der Waals surface area contributed by atoms with Gasteiger partial charge in [-0.15, -0.1) is 0 Å². The number of hydrogen-bond acceptors (Lipinski definition) is 5. The average molecular weight is 425 g/mol. The van der Waals surface area contributed by atoms with Crippen molar-refractivity contribution in [2.24, 2.45) is 5.92 Å². The molecule has 2 aliphatic rings. The molecule has 0 atom stereocenters. The summed E-state index contributed by atoms with van der Waals surface area (Å²) in [4.78, 5) is 26.4. The Morgan fingerprint density at radius 2 is 1.80 bits per heavy atom. The molecule has 3 aromatic rings. The second-order valence-electron chi connectivity index (χ2n) is 8.13. The first-order valence-corrected chi connectivity index (χ1v) is 11.0. The number of rotatable bonds is 3. The summed E-state index contributed by atoms with van der Waals surface area (Å²) < 4.78 is 1.77. The molecule has 1 aliphatic heterocycles. The lowest BCUT2D eigenvalue weighted by Gasteiger charge is -2.36. The van der Waals surface area contributed by atoms with Crippen LogP contribution in [-0.4, -0.2) is 56.7 Å². The quantitative estimate of drug-likeness (QED) is 0.642. The van der Waals surface area contributed by atoms with Crippen LogP contribution >= 0.6 is 11.6 Å². The standard InChI is InChI=1S/C22H25ClN6O/c1-15-25-20(27-10-12-28(13-11-27)22(30)16-6-2-3-7-16)17-14-24-29(21(17)26-15)19-9-5-4-8-18(19)23/h4-5,8-9,14,16H,2-3,6-7,10-13H2,1H3. The van der Waals surface area contributed by atoms with Gasteiger partial charge in [-0.3, -0.25) is 4.79 Å². The van der Waals surface area contributed by atoms with Crippen LogP contribution in [0.2, 0.25) is 5.02 Å². The van der Waals surface area contributed by atoms with Gasteiger partial charge >= 0.3 is 0 Å². The van der Waals surface area contributed by atoms with Crippen LogP contribution in [0.3, 0.4) is 0 Å². The van der Waals surface area contributed by atoms with Gasteiger partial charge < -0.3 is 9.80 Å². The van der Waals surface area contributed by atoms with Crippen molar-refractivity contribution in [2.45, 2.75) is 32.6 Å². The molecule has 2 aromatic heterocycles. The molecule has 1 saturated carbocycles. The third-order valence-electron chi connectivity index (χ3n) is 6.20. The molecule has 156 valence electrons. The van der Waals surface area contributed by atoms with Crippen LogP contribution in [0.5, 0.6) is 0 Å². The molecule has 0 radical (unpaired) electrons. The van der Waals surface area contributed by atoms with Crippen LogP contribution in [0, 0.1) is 12.8 Å². The number of hydrogen-bond donors (Lipinski definition) is 0. The van der Waals surface area contributed by atoms with Crippen LogP contribution < -0.4 is 4.90 Å². The van der Waals surface area contributed by atoms with E-state index in [1.807, 2.05) is 42.3 Å². The molecule has 30 heavy (non-hydrogen) atoms. The lowest BCUT2D eigenvalue weighted by Crippen LogP contribution is -2.50. The zero-order valence-electron chi connectivity index (χ0n) is 17.1. The number of fused-ring (bicyclic) bond motifs is 1. The Morgan fingerprint density at radius 3 is 2.53 bits per heavy atom. The van der Waals surface area contributed by atoms with E-state index in [0.29, 0.717) is 16.8 Å². The topological polar surface area (TPSA) is 67.2 Å². The number of carbonyl (C=O) groups is 1. The van der Waals surface area contributed by atoms with Gasteiger partial charge in [-0.05, 0) is 31.9 Å². The number of benzene rings is 1.